The highest BCUT2D eigenvalue weighted by atomic mass is 19.4. The number of allylic oxidation sites excluding steroid dienone is 2. The lowest BCUT2D eigenvalue weighted by Crippen LogP contribution is -2.10. The van der Waals surface area contributed by atoms with E-state index in [4.69, 9.17) is 0 Å². The average Bonchev–Trinajstić information content (AvgIpc) is 2.95. The highest BCUT2D eigenvalue weighted by molar-refractivity contribution is 5.65. The number of hydrogen-bond acceptors (Lipinski definition) is 3. The Balaban J connectivity index is 0.00000106. The van der Waals surface area contributed by atoms with Crippen molar-refractivity contribution in [2.24, 2.45) is 0 Å². The summed E-state index contributed by atoms with van der Waals surface area (Å²) in [6, 6.07) is 1.58. The van der Waals surface area contributed by atoms with Gasteiger partial charge in [0.2, 0.25) is 5.95 Å². The maximum absolute atomic E-state index is 12.9. The molecule has 0 aliphatic carbocycles. The Labute approximate surface area is 121 Å². The third-order valence-corrected chi connectivity index (χ3v) is 2.60. The van der Waals surface area contributed by atoms with Crippen molar-refractivity contribution >= 4 is 5.57 Å². The standard InChI is InChI=1S/C12H11F3N4.C2H6/c1-3-8(2)9-7-19(11-16-5-4-6-17-11)18-10(9)12(13,14)15;1-2/h3-7H,1-2H3;1-2H3/b8-3+;. The molecule has 0 radical (unpaired) electrons. The summed E-state index contributed by atoms with van der Waals surface area (Å²) in [5.41, 5.74) is -0.410. The van der Waals surface area contributed by atoms with Crippen LogP contribution in [0.25, 0.3) is 11.5 Å². The number of alkyl halides is 3. The monoisotopic (exact) mass is 298 g/mol. The summed E-state index contributed by atoms with van der Waals surface area (Å²) in [6.07, 6.45) is 1.26. The van der Waals surface area contributed by atoms with Crippen molar-refractivity contribution in [2.45, 2.75) is 33.9 Å². The molecule has 7 heteroatoms. The Kier molecular flexibility index (Phi) is 5.63. The molecular formula is C14H17F3N4. The van der Waals surface area contributed by atoms with Gasteiger partial charge in [-0.05, 0) is 25.5 Å². The molecule has 0 aliphatic heterocycles. The van der Waals surface area contributed by atoms with Crippen LogP contribution in [0, 0.1) is 0 Å². The minimum atomic E-state index is -4.51. The molecule has 114 valence electrons. The lowest BCUT2D eigenvalue weighted by Gasteiger charge is -2.05. The molecule has 0 bridgehead atoms. The molecule has 0 aromatic carbocycles. The fraction of sp³-hybridized carbons (Fsp3) is 0.357. The summed E-state index contributed by atoms with van der Waals surface area (Å²) in [5.74, 6) is 0.100. The number of aromatic nitrogens is 4. The average molecular weight is 298 g/mol. The molecule has 0 amide bonds. The van der Waals surface area contributed by atoms with Gasteiger partial charge in [0.1, 0.15) is 0 Å². The third-order valence-electron chi connectivity index (χ3n) is 2.60. The molecule has 2 heterocycles. The van der Waals surface area contributed by atoms with Crippen molar-refractivity contribution in [1.82, 2.24) is 19.7 Å². The molecule has 0 saturated heterocycles. The quantitative estimate of drug-likeness (QED) is 0.837. The Morgan fingerprint density at radius 1 is 1.19 bits per heavy atom. The minimum absolute atomic E-state index is 0.0300. The Bertz CT molecular complexity index is 600. The van der Waals surface area contributed by atoms with E-state index in [1.807, 2.05) is 13.8 Å². The molecule has 0 fully saturated rings. The van der Waals surface area contributed by atoms with E-state index in [0.29, 0.717) is 5.57 Å². The van der Waals surface area contributed by atoms with Crippen LogP contribution in [-0.4, -0.2) is 19.7 Å². The van der Waals surface area contributed by atoms with E-state index < -0.39 is 11.9 Å². The van der Waals surface area contributed by atoms with E-state index in [-0.39, 0.29) is 11.5 Å². The largest absolute Gasteiger partial charge is 0.435 e. The van der Waals surface area contributed by atoms with Crippen molar-refractivity contribution in [3.63, 3.8) is 0 Å². The van der Waals surface area contributed by atoms with Crippen LogP contribution < -0.4 is 0 Å². The van der Waals surface area contributed by atoms with E-state index in [1.165, 1.54) is 18.6 Å². The lowest BCUT2D eigenvalue weighted by atomic mass is 10.1. The van der Waals surface area contributed by atoms with Crippen LogP contribution in [0.15, 0.2) is 30.7 Å². The number of rotatable bonds is 2. The molecule has 2 aromatic rings. The molecule has 0 unspecified atom stereocenters. The topological polar surface area (TPSA) is 43.6 Å². The van der Waals surface area contributed by atoms with Gasteiger partial charge in [-0.3, -0.25) is 0 Å². The molecule has 0 aliphatic rings. The SMILES string of the molecule is C/C=C(\C)c1cn(-c2ncccn2)nc1C(F)(F)F.CC. The van der Waals surface area contributed by atoms with Crippen LogP contribution in [0.2, 0.25) is 0 Å². The van der Waals surface area contributed by atoms with Gasteiger partial charge >= 0.3 is 6.18 Å². The minimum Gasteiger partial charge on any atom is -0.220 e. The maximum Gasteiger partial charge on any atom is 0.435 e. The van der Waals surface area contributed by atoms with E-state index in [9.17, 15) is 13.2 Å². The fourth-order valence-corrected chi connectivity index (χ4v) is 1.54. The van der Waals surface area contributed by atoms with Crippen LogP contribution in [0.1, 0.15) is 39.0 Å². The highest BCUT2D eigenvalue weighted by Crippen LogP contribution is 2.34. The van der Waals surface area contributed by atoms with Gasteiger partial charge in [0.15, 0.2) is 5.69 Å². The van der Waals surface area contributed by atoms with Crippen molar-refractivity contribution in [3.05, 3.63) is 42.0 Å². The van der Waals surface area contributed by atoms with Crippen LogP contribution in [0.4, 0.5) is 13.2 Å². The summed E-state index contributed by atoms with van der Waals surface area (Å²) in [7, 11) is 0. The molecule has 0 spiro atoms. The molecule has 2 rings (SSSR count). The fourth-order valence-electron chi connectivity index (χ4n) is 1.54. The van der Waals surface area contributed by atoms with Crippen LogP contribution in [0.3, 0.4) is 0 Å². The second-order valence-corrected chi connectivity index (χ2v) is 3.85. The van der Waals surface area contributed by atoms with Crippen molar-refractivity contribution in [1.29, 1.82) is 0 Å². The predicted octanol–water partition coefficient (Wildman–Crippen LogP) is 4.13. The summed E-state index contributed by atoms with van der Waals surface area (Å²) in [5, 5.41) is 3.55. The molecule has 21 heavy (non-hydrogen) atoms. The second kappa shape index (κ2) is 7.01. The van der Waals surface area contributed by atoms with Gasteiger partial charge < -0.3 is 0 Å². The normalized spacial score (nSPS) is 11.9. The number of nitrogens with zero attached hydrogens (tertiary/aromatic N) is 4. The van der Waals surface area contributed by atoms with E-state index in [0.717, 1.165) is 4.68 Å². The first-order chi connectivity index (χ1) is 9.93. The van der Waals surface area contributed by atoms with Crippen molar-refractivity contribution < 1.29 is 13.2 Å². The molecule has 0 atom stereocenters. The van der Waals surface area contributed by atoms with Gasteiger partial charge in [-0.1, -0.05) is 19.9 Å². The molecule has 2 aromatic heterocycles. The first-order valence-electron chi connectivity index (χ1n) is 6.51. The lowest BCUT2D eigenvalue weighted by molar-refractivity contribution is -0.141. The van der Waals surface area contributed by atoms with Crippen molar-refractivity contribution in [2.75, 3.05) is 0 Å². The first kappa shape index (κ1) is 16.9. The van der Waals surface area contributed by atoms with Gasteiger partial charge in [0, 0.05) is 24.2 Å². The Hall–Kier alpha value is -2.18. The van der Waals surface area contributed by atoms with E-state index >= 15 is 0 Å². The van der Waals surface area contributed by atoms with Gasteiger partial charge in [0.25, 0.3) is 0 Å². The third kappa shape index (κ3) is 3.90. The van der Waals surface area contributed by atoms with Gasteiger partial charge in [-0.2, -0.15) is 18.3 Å². The van der Waals surface area contributed by atoms with Crippen LogP contribution in [0.5, 0.6) is 0 Å². The molecule has 0 saturated carbocycles. The molecule has 0 N–H and O–H groups in total. The Morgan fingerprint density at radius 3 is 2.24 bits per heavy atom. The number of hydrogen-bond donors (Lipinski definition) is 0. The van der Waals surface area contributed by atoms with E-state index in [1.54, 1.807) is 26.0 Å². The molecular weight excluding hydrogens is 281 g/mol. The summed E-state index contributed by atoms with van der Waals surface area (Å²) >= 11 is 0. The van der Waals surface area contributed by atoms with Crippen molar-refractivity contribution in [3.8, 4) is 5.95 Å². The van der Waals surface area contributed by atoms with Gasteiger partial charge in [0.05, 0.1) is 0 Å². The zero-order chi connectivity index (χ0) is 16.0. The van der Waals surface area contributed by atoms with Crippen LogP contribution >= 0.6 is 0 Å². The highest BCUT2D eigenvalue weighted by Gasteiger charge is 2.37. The summed E-state index contributed by atoms with van der Waals surface area (Å²) < 4.78 is 39.8. The zero-order valence-electron chi connectivity index (χ0n) is 12.3. The maximum atomic E-state index is 12.9. The smallest absolute Gasteiger partial charge is 0.220 e. The first-order valence-corrected chi connectivity index (χ1v) is 6.51. The second-order valence-electron chi connectivity index (χ2n) is 3.85. The number of halogens is 3. The molecule has 4 nitrogen and oxygen atoms in total. The van der Waals surface area contributed by atoms with Gasteiger partial charge in [-0.15, -0.1) is 0 Å². The summed E-state index contributed by atoms with van der Waals surface area (Å²) in [6.45, 7) is 7.27. The zero-order valence-corrected chi connectivity index (χ0v) is 12.3. The predicted molar refractivity (Wildman–Crippen MR) is 74.8 cm³/mol. The summed E-state index contributed by atoms with van der Waals surface area (Å²) in [4.78, 5) is 7.75. The van der Waals surface area contributed by atoms with Gasteiger partial charge in [-0.25, -0.2) is 14.6 Å². The van der Waals surface area contributed by atoms with E-state index in [2.05, 4.69) is 15.1 Å². The Morgan fingerprint density at radius 2 is 1.76 bits per heavy atom. The van der Waals surface area contributed by atoms with Crippen LogP contribution in [-0.2, 0) is 6.18 Å².